The molecule has 1 aromatic rings. The minimum atomic E-state index is -0.468. The van der Waals surface area contributed by atoms with Gasteiger partial charge in [-0.25, -0.2) is 0 Å². The summed E-state index contributed by atoms with van der Waals surface area (Å²) in [6.45, 7) is 2.21. The lowest BCUT2D eigenvalue weighted by atomic mass is 9.76. The first-order valence-corrected chi connectivity index (χ1v) is 6.89. The fourth-order valence-electron chi connectivity index (χ4n) is 3.02. The Balaban J connectivity index is 2.21. The van der Waals surface area contributed by atoms with Crippen LogP contribution in [0.15, 0.2) is 18.2 Å². The highest BCUT2D eigenvalue weighted by atomic mass is 16.6. The van der Waals surface area contributed by atoms with Gasteiger partial charge in [-0.3, -0.25) is 10.1 Å². The largest absolute Gasteiger partial charge is 0.397 e. The van der Waals surface area contributed by atoms with E-state index in [0.717, 1.165) is 19.3 Å². The Labute approximate surface area is 118 Å². The first-order valence-electron chi connectivity index (χ1n) is 6.89. The van der Waals surface area contributed by atoms with Crippen molar-refractivity contribution in [1.29, 1.82) is 0 Å². The monoisotopic (exact) mass is 279 g/mol. The zero-order valence-corrected chi connectivity index (χ0v) is 11.6. The molecule has 6 heteroatoms. The summed E-state index contributed by atoms with van der Waals surface area (Å²) < 4.78 is 0. The lowest BCUT2D eigenvalue weighted by Crippen LogP contribution is -2.46. The van der Waals surface area contributed by atoms with Gasteiger partial charge in [0.2, 0.25) is 0 Å². The Bertz CT molecular complexity index is 506. The minimum Gasteiger partial charge on any atom is -0.397 e. The molecule has 0 aliphatic heterocycles. The average Bonchev–Trinajstić information content (AvgIpc) is 2.41. The first-order chi connectivity index (χ1) is 9.46. The van der Waals surface area contributed by atoms with E-state index in [4.69, 9.17) is 5.73 Å². The predicted molar refractivity (Wildman–Crippen MR) is 78.6 cm³/mol. The second-order valence-corrected chi connectivity index (χ2v) is 5.79. The molecule has 1 aliphatic carbocycles. The van der Waals surface area contributed by atoms with Crippen molar-refractivity contribution in [2.24, 2.45) is 5.92 Å². The standard InChI is InChI=1S/C14H21N3O3/c1-10-3-2-6-14(8-10,9-18)16-13-5-4-11(17(19)20)7-12(13)15/h4-5,7,10,16,18H,2-3,6,8-9,15H2,1H3. The second-order valence-electron chi connectivity index (χ2n) is 5.79. The summed E-state index contributed by atoms with van der Waals surface area (Å²) in [6, 6.07) is 4.39. The van der Waals surface area contributed by atoms with Crippen LogP contribution in [0.1, 0.15) is 32.6 Å². The minimum absolute atomic E-state index is 0.0249. The maximum absolute atomic E-state index is 10.7. The van der Waals surface area contributed by atoms with Crippen molar-refractivity contribution in [3.63, 3.8) is 0 Å². The number of aliphatic hydroxyl groups is 1. The van der Waals surface area contributed by atoms with Gasteiger partial charge < -0.3 is 16.2 Å². The number of non-ortho nitro benzene ring substituents is 1. The Morgan fingerprint density at radius 1 is 1.60 bits per heavy atom. The number of aliphatic hydroxyl groups excluding tert-OH is 1. The highest BCUT2D eigenvalue weighted by Crippen LogP contribution is 2.36. The van der Waals surface area contributed by atoms with E-state index in [-0.39, 0.29) is 17.8 Å². The highest BCUT2D eigenvalue weighted by molar-refractivity contribution is 5.70. The molecule has 0 aromatic heterocycles. The van der Waals surface area contributed by atoms with E-state index in [1.54, 1.807) is 6.07 Å². The summed E-state index contributed by atoms with van der Waals surface area (Å²) in [5.74, 6) is 0.544. The summed E-state index contributed by atoms with van der Waals surface area (Å²) >= 11 is 0. The second kappa shape index (κ2) is 5.66. The van der Waals surface area contributed by atoms with Crippen molar-refractivity contribution >= 4 is 17.1 Å². The number of nitrogens with two attached hydrogens (primary N) is 1. The van der Waals surface area contributed by atoms with E-state index in [9.17, 15) is 15.2 Å². The molecular weight excluding hydrogens is 258 g/mol. The molecule has 1 aliphatic rings. The third kappa shape index (κ3) is 3.01. The van der Waals surface area contributed by atoms with Crippen molar-refractivity contribution in [3.05, 3.63) is 28.3 Å². The van der Waals surface area contributed by atoms with Gasteiger partial charge in [0.1, 0.15) is 0 Å². The third-order valence-electron chi connectivity index (χ3n) is 4.04. The zero-order valence-electron chi connectivity index (χ0n) is 11.6. The van der Waals surface area contributed by atoms with Crippen molar-refractivity contribution in [1.82, 2.24) is 0 Å². The number of nitrogens with zero attached hydrogens (tertiary/aromatic N) is 1. The van der Waals surface area contributed by atoms with E-state index in [0.29, 0.717) is 17.3 Å². The molecule has 1 saturated carbocycles. The highest BCUT2D eigenvalue weighted by Gasteiger charge is 2.34. The van der Waals surface area contributed by atoms with Crippen LogP contribution in [-0.2, 0) is 0 Å². The van der Waals surface area contributed by atoms with Crippen LogP contribution in [0.2, 0.25) is 0 Å². The molecule has 20 heavy (non-hydrogen) atoms. The number of anilines is 2. The van der Waals surface area contributed by atoms with Crippen LogP contribution in [0, 0.1) is 16.0 Å². The van der Waals surface area contributed by atoms with Crippen molar-refractivity contribution in [2.45, 2.75) is 38.1 Å². The SMILES string of the molecule is CC1CCCC(CO)(Nc2ccc([N+](=O)[O-])cc2N)C1. The molecule has 2 atom stereocenters. The van der Waals surface area contributed by atoms with E-state index in [1.807, 2.05) is 0 Å². The van der Waals surface area contributed by atoms with Gasteiger partial charge in [0, 0.05) is 12.1 Å². The Morgan fingerprint density at radius 2 is 2.35 bits per heavy atom. The average molecular weight is 279 g/mol. The fraction of sp³-hybridized carbons (Fsp3) is 0.571. The van der Waals surface area contributed by atoms with Gasteiger partial charge in [0.15, 0.2) is 0 Å². The molecule has 0 amide bonds. The van der Waals surface area contributed by atoms with Crippen molar-refractivity contribution in [3.8, 4) is 0 Å². The van der Waals surface area contributed by atoms with Crippen LogP contribution < -0.4 is 11.1 Å². The normalized spacial score (nSPS) is 26.2. The number of nitrogen functional groups attached to an aromatic ring is 1. The number of hydrogen-bond acceptors (Lipinski definition) is 5. The number of nitro benzene ring substituents is 1. The van der Waals surface area contributed by atoms with E-state index in [2.05, 4.69) is 12.2 Å². The molecule has 4 N–H and O–H groups in total. The topological polar surface area (TPSA) is 101 Å². The maximum Gasteiger partial charge on any atom is 0.271 e. The van der Waals surface area contributed by atoms with E-state index >= 15 is 0 Å². The van der Waals surface area contributed by atoms with Gasteiger partial charge in [-0.05, 0) is 24.8 Å². The Hall–Kier alpha value is -1.82. The molecule has 0 saturated heterocycles. The molecule has 0 bridgehead atoms. The zero-order chi connectivity index (χ0) is 14.8. The molecule has 2 rings (SSSR count). The number of rotatable bonds is 4. The molecule has 110 valence electrons. The third-order valence-corrected chi connectivity index (χ3v) is 4.04. The maximum atomic E-state index is 10.7. The van der Waals surface area contributed by atoms with Gasteiger partial charge in [-0.2, -0.15) is 0 Å². The van der Waals surface area contributed by atoms with Crippen LogP contribution in [0.4, 0.5) is 17.1 Å². The fourth-order valence-corrected chi connectivity index (χ4v) is 3.02. The molecule has 0 spiro atoms. The van der Waals surface area contributed by atoms with Crippen LogP contribution in [-0.4, -0.2) is 22.2 Å². The number of benzene rings is 1. The quantitative estimate of drug-likeness (QED) is 0.446. The van der Waals surface area contributed by atoms with Gasteiger partial charge in [0.05, 0.1) is 28.4 Å². The molecule has 1 fully saturated rings. The molecule has 2 unspecified atom stereocenters. The molecule has 1 aromatic carbocycles. The first kappa shape index (κ1) is 14.6. The summed E-state index contributed by atoms with van der Waals surface area (Å²) in [4.78, 5) is 10.2. The number of hydrogen-bond donors (Lipinski definition) is 3. The summed E-state index contributed by atoms with van der Waals surface area (Å²) in [5.41, 5.74) is 6.47. The van der Waals surface area contributed by atoms with Crippen molar-refractivity contribution < 1.29 is 10.0 Å². The molecule has 0 radical (unpaired) electrons. The summed E-state index contributed by atoms with van der Waals surface area (Å²) in [5, 5.41) is 23.8. The van der Waals surface area contributed by atoms with E-state index < -0.39 is 4.92 Å². The lowest BCUT2D eigenvalue weighted by molar-refractivity contribution is -0.384. The van der Waals surface area contributed by atoms with Crippen LogP contribution in [0.5, 0.6) is 0 Å². The summed E-state index contributed by atoms with van der Waals surface area (Å²) in [7, 11) is 0. The Kier molecular flexibility index (Phi) is 4.13. The van der Waals surface area contributed by atoms with Gasteiger partial charge in [0.25, 0.3) is 5.69 Å². The molecule has 0 heterocycles. The lowest BCUT2D eigenvalue weighted by Gasteiger charge is -2.40. The van der Waals surface area contributed by atoms with Crippen LogP contribution >= 0.6 is 0 Å². The van der Waals surface area contributed by atoms with E-state index in [1.165, 1.54) is 18.6 Å². The molecular formula is C14H21N3O3. The van der Waals surface area contributed by atoms with Crippen molar-refractivity contribution in [2.75, 3.05) is 17.7 Å². The van der Waals surface area contributed by atoms with Gasteiger partial charge in [-0.15, -0.1) is 0 Å². The van der Waals surface area contributed by atoms with Crippen LogP contribution in [0.25, 0.3) is 0 Å². The molecule has 6 nitrogen and oxygen atoms in total. The Morgan fingerprint density at radius 3 is 2.90 bits per heavy atom. The predicted octanol–water partition coefficient (Wildman–Crippen LogP) is 2.53. The smallest absolute Gasteiger partial charge is 0.271 e. The van der Waals surface area contributed by atoms with Crippen LogP contribution in [0.3, 0.4) is 0 Å². The van der Waals surface area contributed by atoms with Gasteiger partial charge >= 0.3 is 0 Å². The van der Waals surface area contributed by atoms with Gasteiger partial charge in [-0.1, -0.05) is 19.8 Å². The summed E-state index contributed by atoms with van der Waals surface area (Å²) in [6.07, 6.45) is 3.98. The number of nitrogens with one attached hydrogen (secondary N) is 1. The number of nitro groups is 1.